The summed E-state index contributed by atoms with van der Waals surface area (Å²) >= 11 is 0. The van der Waals surface area contributed by atoms with Crippen LogP contribution in [0.15, 0.2) is 12.3 Å². The van der Waals surface area contributed by atoms with Gasteiger partial charge in [0.1, 0.15) is 5.82 Å². The molecule has 1 N–H and O–H groups in total. The number of likely N-dealkylation sites (N-methyl/N-ethyl adjacent to an activating group) is 1. The average Bonchev–Trinajstić information content (AvgIpc) is 2.43. The normalized spacial score (nSPS) is 21.2. The van der Waals surface area contributed by atoms with E-state index in [9.17, 15) is 0 Å². The van der Waals surface area contributed by atoms with Gasteiger partial charge in [0.05, 0.1) is 19.3 Å². The highest BCUT2D eigenvalue weighted by Crippen LogP contribution is 2.15. The molecular formula is C13H21N5O. The second-order valence-corrected chi connectivity index (χ2v) is 5.04. The maximum atomic E-state index is 5.16. The van der Waals surface area contributed by atoms with E-state index < -0.39 is 0 Å². The van der Waals surface area contributed by atoms with Gasteiger partial charge in [-0.3, -0.25) is 0 Å². The topological polar surface area (TPSA) is 53.5 Å². The van der Waals surface area contributed by atoms with Crippen LogP contribution < -0.4 is 10.2 Å². The van der Waals surface area contributed by atoms with Crippen LogP contribution in [0.25, 0.3) is 0 Å². The van der Waals surface area contributed by atoms with Gasteiger partial charge >= 0.3 is 0 Å². The maximum absolute atomic E-state index is 5.16. The van der Waals surface area contributed by atoms with Crippen molar-refractivity contribution in [3.8, 4) is 0 Å². The van der Waals surface area contributed by atoms with E-state index in [4.69, 9.17) is 4.74 Å². The van der Waals surface area contributed by atoms with Crippen LogP contribution in [-0.2, 0) is 4.74 Å². The molecule has 0 bridgehead atoms. The Bertz CT molecular complexity index is 415. The van der Waals surface area contributed by atoms with Gasteiger partial charge in [0, 0.05) is 32.4 Å². The van der Waals surface area contributed by atoms with Crippen LogP contribution in [0.1, 0.15) is 6.92 Å². The van der Waals surface area contributed by atoms with Gasteiger partial charge in [0.2, 0.25) is 5.95 Å². The van der Waals surface area contributed by atoms with Crippen molar-refractivity contribution in [3.05, 3.63) is 12.3 Å². The van der Waals surface area contributed by atoms with Crippen molar-refractivity contribution in [1.29, 1.82) is 0 Å². The van der Waals surface area contributed by atoms with Gasteiger partial charge in [-0.1, -0.05) is 6.92 Å². The van der Waals surface area contributed by atoms with E-state index in [0.29, 0.717) is 6.04 Å². The number of ether oxygens (including phenoxy) is 1. The largest absolute Gasteiger partial charge is 0.377 e. The Balaban J connectivity index is 1.62. The molecule has 0 atom stereocenters. The third-order valence-corrected chi connectivity index (χ3v) is 3.74. The molecule has 19 heavy (non-hydrogen) atoms. The molecule has 0 unspecified atom stereocenters. The Hall–Kier alpha value is -1.40. The van der Waals surface area contributed by atoms with Crippen LogP contribution in [0.2, 0.25) is 0 Å². The number of nitrogens with one attached hydrogen (secondary N) is 1. The summed E-state index contributed by atoms with van der Waals surface area (Å²) in [6.45, 7) is 9.06. The van der Waals surface area contributed by atoms with Gasteiger partial charge in [-0.25, -0.2) is 4.98 Å². The molecule has 0 saturated carbocycles. The lowest BCUT2D eigenvalue weighted by Gasteiger charge is -2.34. The SMILES string of the molecule is CCN1CCN(c2nccc(NC3COC3)n2)CC1. The lowest BCUT2D eigenvalue weighted by molar-refractivity contribution is 0.0209. The molecule has 0 spiro atoms. The van der Waals surface area contributed by atoms with Gasteiger partial charge in [-0.05, 0) is 12.6 Å². The van der Waals surface area contributed by atoms with Gasteiger partial charge in [-0.15, -0.1) is 0 Å². The lowest BCUT2D eigenvalue weighted by Crippen LogP contribution is -2.47. The Morgan fingerprint density at radius 2 is 2.11 bits per heavy atom. The minimum absolute atomic E-state index is 0.402. The standard InChI is InChI=1S/C13H21N5O/c1-2-17-5-7-18(8-6-17)13-14-4-3-12(16-13)15-11-9-19-10-11/h3-4,11H,2,5-10H2,1H3,(H,14,15,16). The Labute approximate surface area is 113 Å². The molecule has 0 aromatic carbocycles. The van der Waals surface area contributed by atoms with Crippen LogP contribution in [0.5, 0.6) is 0 Å². The summed E-state index contributed by atoms with van der Waals surface area (Å²) in [6.07, 6.45) is 1.83. The smallest absolute Gasteiger partial charge is 0.227 e. The van der Waals surface area contributed by atoms with Crippen LogP contribution in [0.4, 0.5) is 11.8 Å². The number of piperazine rings is 1. The first-order valence-corrected chi connectivity index (χ1v) is 7.00. The summed E-state index contributed by atoms with van der Waals surface area (Å²) in [5.41, 5.74) is 0. The molecule has 2 aliphatic heterocycles. The third-order valence-electron chi connectivity index (χ3n) is 3.74. The number of rotatable bonds is 4. The molecule has 6 nitrogen and oxygen atoms in total. The predicted molar refractivity (Wildman–Crippen MR) is 74.6 cm³/mol. The van der Waals surface area contributed by atoms with E-state index in [1.165, 1.54) is 0 Å². The maximum Gasteiger partial charge on any atom is 0.227 e. The van der Waals surface area contributed by atoms with Crippen molar-refractivity contribution in [2.45, 2.75) is 13.0 Å². The first-order chi connectivity index (χ1) is 9.35. The highest BCUT2D eigenvalue weighted by molar-refractivity contribution is 5.42. The lowest BCUT2D eigenvalue weighted by atomic mass is 10.2. The van der Waals surface area contributed by atoms with Crippen LogP contribution in [-0.4, -0.2) is 66.8 Å². The van der Waals surface area contributed by atoms with E-state index in [1.54, 1.807) is 0 Å². The number of nitrogens with zero attached hydrogens (tertiary/aromatic N) is 4. The van der Waals surface area contributed by atoms with Gasteiger partial charge in [0.15, 0.2) is 0 Å². The summed E-state index contributed by atoms with van der Waals surface area (Å²) in [7, 11) is 0. The average molecular weight is 263 g/mol. The summed E-state index contributed by atoms with van der Waals surface area (Å²) < 4.78 is 5.16. The molecule has 0 radical (unpaired) electrons. The molecule has 2 fully saturated rings. The minimum atomic E-state index is 0.402. The second kappa shape index (κ2) is 5.71. The fraction of sp³-hybridized carbons (Fsp3) is 0.692. The molecule has 1 aromatic rings. The molecular weight excluding hydrogens is 242 g/mol. The van der Waals surface area contributed by atoms with Gasteiger partial charge in [0.25, 0.3) is 0 Å². The highest BCUT2D eigenvalue weighted by atomic mass is 16.5. The van der Waals surface area contributed by atoms with Crippen LogP contribution in [0.3, 0.4) is 0 Å². The quantitative estimate of drug-likeness (QED) is 0.850. The molecule has 6 heteroatoms. The fourth-order valence-corrected chi connectivity index (χ4v) is 2.37. The molecule has 2 saturated heterocycles. The van der Waals surface area contributed by atoms with E-state index in [2.05, 4.69) is 32.0 Å². The van der Waals surface area contributed by atoms with Crippen molar-refractivity contribution in [3.63, 3.8) is 0 Å². The van der Waals surface area contributed by atoms with E-state index in [-0.39, 0.29) is 0 Å². The minimum Gasteiger partial charge on any atom is -0.377 e. The Morgan fingerprint density at radius 3 is 2.74 bits per heavy atom. The van der Waals surface area contributed by atoms with Crippen molar-refractivity contribution in [2.75, 3.05) is 56.2 Å². The molecule has 0 aliphatic carbocycles. The third kappa shape index (κ3) is 2.96. The Kier molecular flexibility index (Phi) is 3.79. The summed E-state index contributed by atoms with van der Waals surface area (Å²) in [6, 6.07) is 2.32. The first kappa shape index (κ1) is 12.6. The number of hydrogen-bond acceptors (Lipinski definition) is 6. The van der Waals surface area contributed by atoms with Crippen molar-refractivity contribution in [2.24, 2.45) is 0 Å². The number of anilines is 2. The second-order valence-electron chi connectivity index (χ2n) is 5.04. The molecule has 1 aromatic heterocycles. The number of hydrogen-bond donors (Lipinski definition) is 1. The zero-order chi connectivity index (χ0) is 13.1. The summed E-state index contributed by atoms with van der Waals surface area (Å²) in [4.78, 5) is 13.7. The molecule has 3 rings (SSSR count). The highest BCUT2D eigenvalue weighted by Gasteiger charge is 2.20. The predicted octanol–water partition coefficient (Wildman–Crippen LogP) is 0.429. The molecule has 3 heterocycles. The number of aromatic nitrogens is 2. The first-order valence-electron chi connectivity index (χ1n) is 7.00. The van der Waals surface area contributed by atoms with Gasteiger partial charge < -0.3 is 19.9 Å². The van der Waals surface area contributed by atoms with Crippen LogP contribution in [0, 0.1) is 0 Å². The Morgan fingerprint density at radius 1 is 1.32 bits per heavy atom. The van der Waals surface area contributed by atoms with Crippen molar-refractivity contribution in [1.82, 2.24) is 14.9 Å². The summed E-state index contributed by atoms with van der Waals surface area (Å²) in [5.74, 6) is 1.73. The van der Waals surface area contributed by atoms with Crippen molar-refractivity contribution < 1.29 is 4.74 Å². The fourth-order valence-electron chi connectivity index (χ4n) is 2.37. The monoisotopic (exact) mass is 263 g/mol. The van der Waals surface area contributed by atoms with Crippen molar-refractivity contribution >= 4 is 11.8 Å². The molecule has 104 valence electrons. The summed E-state index contributed by atoms with van der Waals surface area (Å²) in [5, 5.41) is 3.36. The molecule has 0 amide bonds. The zero-order valence-corrected chi connectivity index (χ0v) is 11.4. The van der Waals surface area contributed by atoms with Crippen LogP contribution >= 0.6 is 0 Å². The van der Waals surface area contributed by atoms with Gasteiger partial charge in [-0.2, -0.15) is 4.98 Å². The zero-order valence-electron chi connectivity index (χ0n) is 11.4. The van der Waals surface area contributed by atoms with E-state index >= 15 is 0 Å². The molecule has 2 aliphatic rings. The van der Waals surface area contributed by atoms with E-state index in [1.807, 2.05) is 12.3 Å². The van der Waals surface area contributed by atoms with E-state index in [0.717, 1.165) is 57.7 Å².